The summed E-state index contributed by atoms with van der Waals surface area (Å²) in [5, 5.41) is 7.88. The summed E-state index contributed by atoms with van der Waals surface area (Å²) in [6.45, 7) is 8.93. The number of para-hydroxylation sites is 4. The third-order valence-electron chi connectivity index (χ3n) is 9.38. The minimum atomic E-state index is 1.21. The Hall–Kier alpha value is -4.86. The topological polar surface area (TPSA) is 9.86 Å². The number of rotatable bonds is 2. The third-order valence-corrected chi connectivity index (χ3v) is 10.6. The highest BCUT2D eigenvalue weighted by molar-refractivity contribution is 7.26. The van der Waals surface area contributed by atoms with Crippen molar-refractivity contribution in [2.45, 2.75) is 27.7 Å². The van der Waals surface area contributed by atoms with Gasteiger partial charge in [0.2, 0.25) is 0 Å². The second-order valence-electron chi connectivity index (χ2n) is 12.0. The molecule has 0 aliphatic heterocycles. The van der Waals surface area contributed by atoms with Crippen LogP contribution in [0.5, 0.6) is 0 Å². The van der Waals surface area contributed by atoms with Gasteiger partial charge in [0.15, 0.2) is 0 Å². The molecule has 0 amide bonds. The van der Waals surface area contributed by atoms with Crippen LogP contribution in [-0.4, -0.2) is 9.13 Å². The molecule has 9 rings (SSSR count). The molecule has 0 radical (unpaired) electrons. The van der Waals surface area contributed by atoms with Crippen molar-refractivity contribution in [3.63, 3.8) is 0 Å². The molecular weight excluding hydrogens is 541 g/mol. The Bertz CT molecular complexity index is 2490. The second-order valence-corrected chi connectivity index (χ2v) is 13.0. The van der Waals surface area contributed by atoms with E-state index in [9.17, 15) is 0 Å². The maximum atomic E-state index is 2.52. The van der Waals surface area contributed by atoms with Crippen molar-refractivity contribution in [3.05, 3.63) is 131 Å². The van der Waals surface area contributed by atoms with Gasteiger partial charge in [-0.2, -0.15) is 0 Å². The first-order valence-corrected chi connectivity index (χ1v) is 15.8. The van der Waals surface area contributed by atoms with Crippen molar-refractivity contribution in [1.82, 2.24) is 9.13 Å². The molecule has 0 atom stereocenters. The average molecular weight is 571 g/mol. The van der Waals surface area contributed by atoms with Gasteiger partial charge in [-0.3, -0.25) is 0 Å². The smallest absolute Gasteiger partial charge is 0.0641 e. The van der Waals surface area contributed by atoms with Crippen LogP contribution >= 0.6 is 11.3 Å². The van der Waals surface area contributed by atoms with Crippen LogP contribution in [-0.2, 0) is 0 Å². The van der Waals surface area contributed by atoms with Crippen LogP contribution in [0, 0.1) is 27.7 Å². The highest BCUT2D eigenvalue weighted by Crippen LogP contribution is 2.43. The van der Waals surface area contributed by atoms with Gasteiger partial charge >= 0.3 is 0 Å². The van der Waals surface area contributed by atoms with Gasteiger partial charge in [-0.25, -0.2) is 0 Å². The van der Waals surface area contributed by atoms with E-state index < -0.39 is 0 Å². The molecule has 0 spiro atoms. The maximum Gasteiger partial charge on any atom is 0.0641 e. The Morgan fingerprint density at radius 1 is 0.419 bits per heavy atom. The molecule has 9 aromatic rings. The molecule has 3 heterocycles. The lowest BCUT2D eigenvalue weighted by Gasteiger charge is -2.12. The zero-order valence-electron chi connectivity index (χ0n) is 24.7. The fourth-order valence-corrected chi connectivity index (χ4v) is 8.69. The van der Waals surface area contributed by atoms with Gasteiger partial charge in [0.1, 0.15) is 0 Å². The van der Waals surface area contributed by atoms with Gasteiger partial charge < -0.3 is 9.13 Å². The lowest BCUT2D eigenvalue weighted by molar-refractivity contribution is 1.16. The molecular formula is C40H30N2S. The van der Waals surface area contributed by atoms with Gasteiger partial charge in [-0.1, -0.05) is 84.9 Å². The molecule has 206 valence electrons. The molecule has 0 saturated carbocycles. The van der Waals surface area contributed by atoms with Gasteiger partial charge in [-0.15, -0.1) is 11.3 Å². The Balaban J connectivity index is 1.37. The van der Waals surface area contributed by atoms with E-state index >= 15 is 0 Å². The predicted molar refractivity (Wildman–Crippen MR) is 187 cm³/mol. The largest absolute Gasteiger partial charge is 0.309 e. The van der Waals surface area contributed by atoms with Gasteiger partial charge in [0.25, 0.3) is 0 Å². The fraction of sp³-hybridized carbons (Fsp3) is 0.100. The number of nitrogens with zero attached hydrogens (tertiary/aromatic N) is 2. The molecule has 0 aliphatic rings. The number of hydrogen-bond acceptors (Lipinski definition) is 1. The monoisotopic (exact) mass is 570 g/mol. The molecule has 6 aromatic carbocycles. The molecule has 0 saturated heterocycles. The van der Waals surface area contributed by atoms with Crippen molar-refractivity contribution in [2.24, 2.45) is 0 Å². The van der Waals surface area contributed by atoms with Crippen molar-refractivity contribution in [1.29, 1.82) is 0 Å². The van der Waals surface area contributed by atoms with E-state index in [0.29, 0.717) is 0 Å². The van der Waals surface area contributed by atoms with E-state index in [1.165, 1.54) is 97.4 Å². The predicted octanol–water partition coefficient (Wildman–Crippen LogP) is 11.5. The first kappa shape index (κ1) is 24.7. The minimum Gasteiger partial charge on any atom is -0.309 e. The Kier molecular flexibility index (Phi) is 5.07. The molecule has 0 N–H and O–H groups in total. The third kappa shape index (κ3) is 3.29. The molecule has 0 aliphatic carbocycles. The van der Waals surface area contributed by atoms with E-state index in [0.717, 1.165) is 0 Å². The maximum absolute atomic E-state index is 2.52. The van der Waals surface area contributed by atoms with Crippen LogP contribution in [0.4, 0.5) is 0 Å². The van der Waals surface area contributed by atoms with E-state index in [-0.39, 0.29) is 0 Å². The normalized spacial score (nSPS) is 12.2. The molecule has 0 fully saturated rings. The zero-order chi connectivity index (χ0) is 29.0. The average Bonchev–Trinajstić information content (AvgIpc) is 3.67. The van der Waals surface area contributed by atoms with Gasteiger partial charge in [0.05, 0.1) is 32.5 Å². The van der Waals surface area contributed by atoms with Crippen LogP contribution in [0.1, 0.15) is 22.3 Å². The van der Waals surface area contributed by atoms with E-state index in [4.69, 9.17) is 0 Å². The van der Waals surface area contributed by atoms with Crippen molar-refractivity contribution < 1.29 is 0 Å². The summed E-state index contributed by atoms with van der Waals surface area (Å²) in [6.07, 6.45) is 0. The summed E-state index contributed by atoms with van der Waals surface area (Å²) in [4.78, 5) is 0. The Labute approximate surface area is 254 Å². The van der Waals surface area contributed by atoms with Crippen LogP contribution in [0.2, 0.25) is 0 Å². The van der Waals surface area contributed by atoms with Gasteiger partial charge in [0, 0.05) is 42.7 Å². The Morgan fingerprint density at radius 2 is 0.860 bits per heavy atom. The fourth-order valence-electron chi connectivity index (χ4n) is 7.50. The van der Waals surface area contributed by atoms with Crippen molar-refractivity contribution >= 4 is 75.1 Å². The van der Waals surface area contributed by atoms with E-state index in [1.54, 1.807) is 0 Å². The summed E-state index contributed by atoms with van der Waals surface area (Å²) in [5.74, 6) is 0. The first-order chi connectivity index (χ1) is 21.0. The summed E-state index contributed by atoms with van der Waals surface area (Å²) in [7, 11) is 0. The lowest BCUT2D eigenvalue weighted by atomic mass is 10.1. The number of hydrogen-bond donors (Lipinski definition) is 0. The van der Waals surface area contributed by atoms with Gasteiger partial charge in [-0.05, 0) is 74.2 Å². The van der Waals surface area contributed by atoms with E-state index in [2.05, 4.69) is 146 Å². The molecule has 3 aromatic heterocycles. The standard InChI is InChI=1S/C40H30N2S/c1-23-10-5-14-28-29-15-6-11-24(2)37(29)41(36(23)28)27-20-21-35-33(22-27)32-18-9-19-34(40(32)43-35)42-38-25(3)12-7-16-30(38)31-17-8-13-26(4)39(31)42/h5-22H,1-4H3. The summed E-state index contributed by atoms with van der Waals surface area (Å²) in [5.41, 5.74) is 12.8. The van der Waals surface area contributed by atoms with Crippen LogP contribution in [0.15, 0.2) is 109 Å². The van der Waals surface area contributed by atoms with Crippen LogP contribution < -0.4 is 0 Å². The molecule has 43 heavy (non-hydrogen) atoms. The molecule has 2 nitrogen and oxygen atoms in total. The van der Waals surface area contributed by atoms with Crippen molar-refractivity contribution in [3.8, 4) is 11.4 Å². The number of fused-ring (bicyclic) bond motifs is 9. The second kappa shape index (κ2) is 8.82. The number of benzene rings is 6. The summed E-state index contributed by atoms with van der Waals surface area (Å²) in [6, 6.07) is 40.6. The Morgan fingerprint density at radius 3 is 1.37 bits per heavy atom. The van der Waals surface area contributed by atoms with Crippen LogP contribution in [0.25, 0.3) is 75.2 Å². The first-order valence-electron chi connectivity index (χ1n) is 15.0. The zero-order valence-corrected chi connectivity index (χ0v) is 25.5. The van der Waals surface area contributed by atoms with Crippen molar-refractivity contribution in [2.75, 3.05) is 0 Å². The quantitative estimate of drug-likeness (QED) is 0.196. The summed E-state index contributed by atoms with van der Waals surface area (Å²) < 4.78 is 7.65. The van der Waals surface area contributed by atoms with Crippen LogP contribution in [0.3, 0.4) is 0 Å². The molecule has 0 bridgehead atoms. The minimum absolute atomic E-state index is 1.21. The molecule has 3 heteroatoms. The summed E-state index contributed by atoms with van der Waals surface area (Å²) >= 11 is 1.90. The number of aryl methyl sites for hydroxylation is 4. The molecule has 0 unspecified atom stereocenters. The number of thiophene rings is 1. The SMILES string of the molecule is Cc1cccc2c3cccc(C)c3n(-c3ccc4sc5c(-n6c7c(C)cccc7c7cccc(C)c76)cccc5c4c3)c12. The lowest BCUT2D eigenvalue weighted by Crippen LogP contribution is -1.97. The van der Waals surface area contributed by atoms with E-state index in [1.807, 2.05) is 11.3 Å². The number of aromatic nitrogens is 2. The highest BCUT2D eigenvalue weighted by Gasteiger charge is 2.20. The highest BCUT2D eigenvalue weighted by atomic mass is 32.1.